The van der Waals surface area contributed by atoms with Crippen molar-refractivity contribution >= 4 is 10.9 Å². The molecule has 2 heteroatoms. The Hall–Kier alpha value is -2.19. The van der Waals surface area contributed by atoms with Crippen molar-refractivity contribution in [2.24, 2.45) is 0 Å². The van der Waals surface area contributed by atoms with Crippen LogP contribution in [0.15, 0.2) is 60.7 Å². The molecule has 1 heterocycles. The minimum atomic E-state index is -0.493. The van der Waals surface area contributed by atoms with Crippen molar-refractivity contribution in [1.29, 1.82) is 0 Å². The number of para-hydroxylation sites is 1. The van der Waals surface area contributed by atoms with E-state index in [0.29, 0.717) is 5.92 Å². The lowest BCUT2D eigenvalue weighted by molar-refractivity contribution is 0.149. The molecule has 1 aliphatic rings. The zero-order chi connectivity index (χ0) is 14.2. The summed E-state index contributed by atoms with van der Waals surface area (Å²) in [6.07, 6.45) is 1.33. The fraction of sp³-hybridized carbons (Fsp3) is 0.211. The molecule has 1 N–H and O–H groups in total. The van der Waals surface area contributed by atoms with Crippen LogP contribution < -0.4 is 0 Å². The number of benzene rings is 2. The van der Waals surface area contributed by atoms with E-state index < -0.39 is 6.10 Å². The number of aliphatic hydroxyl groups is 1. The van der Waals surface area contributed by atoms with E-state index in [1.807, 2.05) is 36.4 Å². The summed E-state index contributed by atoms with van der Waals surface area (Å²) < 4.78 is 0. The number of nitrogens with zero attached hydrogens (tertiary/aromatic N) is 1. The fourth-order valence-corrected chi connectivity index (χ4v) is 3.23. The first kappa shape index (κ1) is 12.5. The molecule has 2 unspecified atom stereocenters. The first-order valence-corrected chi connectivity index (χ1v) is 7.43. The second-order valence-electron chi connectivity index (χ2n) is 5.78. The Morgan fingerprint density at radius 3 is 2.71 bits per heavy atom. The van der Waals surface area contributed by atoms with Crippen molar-refractivity contribution in [2.45, 2.75) is 24.9 Å². The minimum Gasteiger partial charge on any atom is -0.387 e. The van der Waals surface area contributed by atoms with Gasteiger partial charge in [0.2, 0.25) is 0 Å². The molecule has 2 nitrogen and oxygen atoms in total. The maximum atomic E-state index is 10.5. The highest BCUT2D eigenvalue weighted by Gasteiger charge is 2.28. The quantitative estimate of drug-likeness (QED) is 0.783. The fourth-order valence-electron chi connectivity index (χ4n) is 3.23. The zero-order valence-corrected chi connectivity index (χ0v) is 11.7. The molecule has 0 amide bonds. The molecule has 2 aromatic carbocycles. The summed E-state index contributed by atoms with van der Waals surface area (Å²) >= 11 is 0. The molecule has 0 saturated carbocycles. The second kappa shape index (κ2) is 4.97. The summed E-state index contributed by atoms with van der Waals surface area (Å²) in [6.45, 7) is 0. The average Bonchev–Trinajstić information content (AvgIpc) is 2.52. The molecule has 1 aromatic heterocycles. The Morgan fingerprint density at radius 1 is 1.00 bits per heavy atom. The first-order chi connectivity index (χ1) is 10.3. The van der Waals surface area contributed by atoms with Crippen LogP contribution in [0.5, 0.6) is 0 Å². The molecule has 21 heavy (non-hydrogen) atoms. The van der Waals surface area contributed by atoms with Gasteiger partial charge in [0, 0.05) is 5.39 Å². The van der Waals surface area contributed by atoms with Crippen molar-refractivity contribution in [3.05, 3.63) is 77.5 Å². The largest absolute Gasteiger partial charge is 0.387 e. The molecule has 0 radical (unpaired) electrons. The predicted molar refractivity (Wildman–Crippen MR) is 84.2 cm³/mol. The van der Waals surface area contributed by atoms with Crippen molar-refractivity contribution in [2.75, 3.05) is 0 Å². The van der Waals surface area contributed by atoms with E-state index in [1.165, 1.54) is 11.1 Å². The molecule has 3 aromatic rings. The number of rotatable bonds is 3. The third-order valence-electron chi connectivity index (χ3n) is 4.43. The number of aliphatic hydroxyl groups excluding tert-OH is 1. The van der Waals surface area contributed by atoms with Crippen LogP contribution in [0.2, 0.25) is 0 Å². The number of fused-ring (bicyclic) bond motifs is 2. The number of hydrogen-bond acceptors (Lipinski definition) is 2. The Morgan fingerprint density at radius 2 is 1.81 bits per heavy atom. The SMILES string of the molecule is OC(CC1Cc2ccccc21)c1ccc2ccccc2n1. The third kappa shape index (κ3) is 2.22. The Bertz CT molecular complexity index is 796. The highest BCUT2D eigenvalue weighted by Crippen LogP contribution is 2.40. The lowest BCUT2D eigenvalue weighted by atomic mass is 9.74. The van der Waals surface area contributed by atoms with Crippen LogP contribution >= 0.6 is 0 Å². The second-order valence-corrected chi connectivity index (χ2v) is 5.78. The van der Waals surface area contributed by atoms with Gasteiger partial charge in [-0.1, -0.05) is 48.5 Å². The highest BCUT2D eigenvalue weighted by molar-refractivity contribution is 5.78. The lowest BCUT2D eigenvalue weighted by Gasteiger charge is -2.31. The van der Waals surface area contributed by atoms with Gasteiger partial charge in [0.1, 0.15) is 0 Å². The third-order valence-corrected chi connectivity index (χ3v) is 4.43. The maximum absolute atomic E-state index is 10.5. The average molecular weight is 275 g/mol. The van der Waals surface area contributed by atoms with E-state index in [1.54, 1.807) is 0 Å². The molecule has 1 aliphatic carbocycles. The molecular formula is C19H17NO. The Balaban J connectivity index is 1.56. The van der Waals surface area contributed by atoms with Gasteiger partial charge in [0.25, 0.3) is 0 Å². The van der Waals surface area contributed by atoms with Gasteiger partial charge in [-0.15, -0.1) is 0 Å². The van der Waals surface area contributed by atoms with Crippen LogP contribution in [0.3, 0.4) is 0 Å². The molecule has 0 spiro atoms. The summed E-state index contributed by atoms with van der Waals surface area (Å²) in [7, 11) is 0. The van der Waals surface area contributed by atoms with Crippen LogP contribution in [0, 0.1) is 0 Å². The number of aromatic nitrogens is 1. The van der Waals surface area contributed by atoms with Gasteiger partial charge in [-0.2, -0.15) is 0 Å². The van der Waals surface area contributed by atoms with Crippen LogP contribution in [0.1, 0.15) is 35.3 Å². The van der Waals surface area contributed by atoms with E-state index in [9.17, 15) is 5.11 Å². The molecular weight excluding hydrogens is 258 g/mol. The van der Waals surface area contributed by atoms with E-state index in [2.05, 4.69) is 29.2 Å². The van der Waals surface area contributed by atoms with Crippen LogP contribution in [-0.4, -0.2) is 10.1 Å². The molecule has 0 aliphatic heterocycles. The van der Waals surface area contributed by atoms with Gasteiger partial charge in [0.15, 0.2) is 0 Å². The summed E-state index contributed by atoms with van der Waals surface area (Å²) in [5, 5.41) is 11.6. The maximum Gasteiger partial charge on any atom is 0.0966 e. The van der Waals surface area contributed by atoms with Gasteiger partial charge in [-0.05, 0) is 42.0 Å². The van der Waals surface area contributed by atoms with E-state index >= 15 is 0 Å². The summed E-state index contributed by atoms with van der Waals surface area (Å²) in [5.41, 5.74) is 4.53. The van der Waals surface area contributed by atoms with Gasteiger partial charge in [-0.25, -0.2) is 0 Å². The first-order valence-electron chi connectivity index (χ1n) is 7.43. The minimum absolute atomic E-state index is 0.462. The molecule has 0 saturated heterocycles. The standard InChI is InChI=1S/C19H17NO/c21-19(12-15-11-14-6-1-3-7-16(14)15)18-10-9-13-5-2-4-8-17(13)20-18/h1-10,15,19,21H,11-12H2. The van der Waals surface area contributed by atoms with Crippen molar-refractivity contribution in [3.8, 4) is 0 Å². The summed E-state index contributed by atoms with van der Waals surface area (Å²) in [5.74, 6) is 0.462. The normalized spacial score (nSPS) is 18.0. The van der Waals surface area contributed by atoms with Gasteiger partial charge >= 0.3 is 0 Å². The molecule has 0 bridgehead atoms. The lowest BCUT2D eigenvalue weighted by Crippen LogP contribution is -2.19. The molecule has 4 rings (SSSR count). The van der Waals surface area contributed by atoms with E-state index in [-0.39, 0.29) is 0 Å². The van der Waals surface area contributed by atoms with Crippen molar-refractivity contribution < 1.29 is 5.11 Å². The van der Waals surface area contributed by atoms with Crippen LogP contribution in [-0.2, 0) is 6.42 Å². The van der Waals surface area contributed by atoms with Crippen molar-refractivity contribution in [3.63, 3.8) is 0 Å². The molecule has 104 valence electrons. The molecule has 2 atom stereocenters. The van der Waals surface area contributed by atoms with Crippen LogP contribution in [0.4, 0.5) is 0 Å². The van der Waals surface area contributed by atoms with Gasteiger partial charge in [-0.3, -0.25) is 4.98 Å². The Kier molecular flexibility index (Phi) is 2.97. The Labute approximate surface area is 124 Å². The van der Waals surface area contributed by atoms with Gasteiger partial charge < -0.3 is 5.11 Å². The zero-order valence-electron chi connectivity index (χ0n) is 11.7. The highest BCUT2D eigenvalue weighted by atomic mass is 16.3. The van der Waals surface area contributed by atoms with Crippen LogP contribution in [0.25, 0.3) is 10.9 Å². The number of hydrogen-bond donors (Lipinski definition) is 1. The molecule has 0 fully saturated rings. The topological polar surface area (TPSA) is 33.1 Å². The van der Waals surface area contributed by atoms with E-state index in [4.69, 9.17) is 0 Å². The monoisotopic (exact) mass is 275 g/mol. The van der Waals surface area contributed by atoms with Gasteiger partial charge in [0.05, 0.1) is 17.3 Å². The number of pyridine rings is 1. The summed E-state index contributed by atoms with van der Waals surface area (Å²) in [4.78, 5) is 4.59. The smallest absolute Gasteiger partial charge is 0.0966 e. The summed E-state index contributed by atoms with van der Waals surface area (Å²) in [6, 6.07) is 20.5. The predicted octanol–water partition coefficient (Wildman–Crippen LogP) is 4.00. The van der Waals surface area contributed by atoms with E-state index in [0.717, 1.165) is 29.4 Å². The van der Waals surface area contributed by atoms with Crippen molar-refractivity contribution in [1.82, 2.24) is 4.98 Å².